The highest BCUT2D eigenvalue weighted by Gasteiger charge is 2.29. The Balaban J connectivity index is 2.04. The normalized spacial score (nSPS) is 22.0. The summed E-state index contributed by atoms with van der Waals surface area (Å²) in [5, 5.41) is 2.93. The minimum absolute atomic E-state index is 0.00180. The summed E-state index contributed by atoms with van der Waals surface area (Å²) in [5.41, 5.74) is 6.77. The van der Waals surface area contributed by atoms with Gasteiger partial charge >= 0.3 is 6.03 Å². The van der Waals surface area contributed by atoms with Crippen molar-refractivity contribution in [2.75, 3.05) is 13.1 Å². The third kappa shape index (κ3) is 2.30. The van der Waals surface area contributed by atoms with Crippen LogP contribution in [0.3, 0.4) is 0 Å². The van der Waals surface area contributed by atoms with Gasteiger partial charge in [-0.15, -0.1) is 0 Å². The number of hydrogen-bond acceptors (Lipinski definition) is 3. The van der Waals surface area contributed by atoms with Gasteiger partial charge in [-0.3, -0.25) is 4.98 Å². The van der Waals surface area contributed by atoms with Crippen LogP contribution < -0.4 is 11.1 Å². The van der Waals surface area contributed by atoms with Crippen molar-refractivity contribution in [1.82, 2.24) is 15.2 Å². The summed E-state index contributed by atoms with van der Waals surface area (Å²) in [7, 11) is 0. The number of nitrogens with two attached hydrogens (primary N) is 1. The van der Waals surface area contributed by atoms with E-state index in [2.05, 4.69) is 10.3 Å². The molecular formula is C11H16N4O. The number of carbonyl (C=O) groups is 1. The third-order valence-corrected chi connectivity index (χ3v) is 2.60. The molecule has 1 fully saturated rings. The molecule has 2 unspecified atom stereocenters. The minimum atomic E-state index is -0.0425. The van der Waals surface area contributed by atoms with E-state index in [1.807, 2.05) is 19.1 Å². The lowest BCUT2D eigenvalue weighted by molar-refractivity contribution is 0.215. The number of carbonyl (C=O) groups excluding carboxylic acids is 1. The van der Waals surface area contributed by atoms with E-state index < -0.39 is 0 Å². The third-order valence-electron chi connectivity index (χ3n) is 2.60. The van der Waals surface area contributed by atoms with Crippen LogP contribution in [0, 0.1) is 0 Å². The number of nitrogens with zero attached hydrogens (tertiary/aromatic N) is 2. The first-order valence-corrected chi connectivity index (χ1v) is 5.38. The van der Waals surface area contributed by atoms with E-state index >= 15 is 0 Å². The fourth-order valence-corrected chi connectivity index (χ4v) is 1.88. The summed E-state index contributed by atoms with van der Waals surface area (Å²) in [4.78, 5) is 17.3. The van der Waals surface area contributed by atoms with Crippen molar-refractivity contribution in [3.8, 4) is 0 Å². The number of pyridine rings is 1. The molecule has 1 aliphatic heterocycles. The lowest BCUT2D eigenvalue weighted by atomic mass is 10.1. The second kappa shape index (κ2) is 4.49. The maximum atomic E-state index is 11.6. The van der Waals surface area contributed by atoms with Crippen LogP contribution in [-0.4, -0.2) is 35.0 Å². The zero-order chi connectivity index (χ0) is 11.5. The van der Waals surface area contributed by atoms with Gasteiger partial charge < -0.3 is 16.0 Å². The van der Waals surface area contributed by atoms with Gasteiger partial charge in [0.1, 0.15) is 0 Å². The highest BCUT2D eigenvalue weighted by Crippen LogP contribution is 2.19. The van der Waals surface area contributed by atoms with E-state index in [0.717, 1.165) is 5.56 Å². The Kier molecular flexibility index (Phi) is 3.05. The van der Waals surface area contributed by atoms with Crippen molar-refractivity contribution in [2.45, 2.75) is 19.0 Å². The van der Waals surface area contributed by atoms with Crippen LogP contribution in [0.25, 0.3) is 0 Å². The molecule has 16 heavy (non-hydrogen) atoms. The fraction of sp³-hybridized carbons (Fsp3) is 0.455. The van der Waals surface area contributed by atoms with Gasteiger partial charge in [0.15, 0.2) is 0 Å². The van der Waals surface area contributed by atoms with Crippen molar-refractivity contribution in [3.05, 3.63) is 30.1 Å². The Bertz CT molecular complexity index is 366. The van der Waals surface area contributed by atoms with Crippen LogP contribution in [0.2, 0.25) is 0 Å². The van der Waals surface area contributed by atoms with Gasteiger partial charge in [-0.1, -0.05) is 0 Å². The Morgan fingerprint density at radius 1 is 1.62 bits per heavy atom. The van der Waals surface area contributed by atoms with Crippen LogP contribution >= 0.6 is 0 Å². The topological polar surface area (TPSA) is 71.2 Å². The molecule has 3 N–H and O–H groups in total. The lowest BCUT2D eigenvalue weighted by Crippen LogP contribution is -2.37. The molecule has 2 rings (SSSR count). The average Bonchev–Trinajstić information content (AvgIpc) is 2.61. The summed E-state index contributed by atoms with van der Waals surface area (Å²) < 4.78 is 0. The first-order valence-electron chi connectivity index (χ1n) is 5.38. The number of nitrogens with one attached hydrogen (secondary N) is 1. The number of rotatable bonds is 3. The molecule has 0 bridgehead atoms. The molecule has 86 valence electrons. The smallest absolute Gasteiger partial charge is 0.318 e. The first kappa shape index (κ1) is 10.9. The standard InChI is InChI=1S/C11H16N4O/c1-8(12)6-15-7-10(14-11(15)16)9-2-4-13-5-3-9/h2-5,8,10H,6-7,12H2,1H3,(H,14,16). The lowest BCUT2D eigenvalue weighted by Gasteiger charge is -2.16. The van der Waals surface area contributed by atoms with Crippen molar-refractivity contribution >= 4 is 6.03 Å². The number of amides is 2. The van der Waals surface area contributed by atoms with Crippen LogP contribution in [0.1, 0.15) is 18.5 Å². The summed E-state index contributed by atoms with van der Waals surface area (Å²) in [5.74, 6) is 0. The van der Waals surface area contributed by atoms with Crippen molar-refractivity contribution in [1.29, 1.82) is 0 Å². The molecule has 0 saturated carbocycles. The van der Waals surface area contributed by atoms with E-state index in [0.29, 0.717) is 13.1 Å². The Morgan fingerprint density at radius 3 is 2.94 bits per heavy atom. The minimum Gasteiger partial charge on any atom is -0.329 e. The fourth-order valence-electron chi connectivity index (χ4n) is 1.88. The van der Waals surface area contributed by atoms with Gasteiger partial charge in [-0.2, -0.15) is 0 Å². The zero-order valence-electron chi connectivity index (χ0n) is 9.26. The summed E-state index contributed by atoms with van der Waals surface area (Å²) >= 11 is 0. The van der Waals surface area contributed by atoms with Gasteiger partial charge in [0.25, 0.3) is 0 Å². The quantitative estimate of drug-likeness (QED) is 0.779. The molecule has 1 saturated heterocycles. The van der Waals surface area contributed by atoms with Gasteiger partial charge in [0.2, 0.25) is 0 Å². The van der Waals surface area contributed by atoms with E-state index in [1.165, 1.54) is 0 Å². The molecular weight excluding hydrogens is 204 g/mol. The molecule has 1 aliphatic rings. The second-order valence-electron chi connectivity index (χ2n) is 4.16. The maximum absolute atomic E-state index is 11.6. The van der Waals surface area contributed by atoms with E-state index in [-0.39, 0.29) is 18.1 Å². The molecule has 5 heteroatoms. The summed E-state index contributed by atoms with van der Waals surface area (Å²) in [6.07, 6.45) is 3.46. The molecule has 5 nitrogen and oxygen atoms in total. The Hall–Kier alpha value is -1.62. The zero-order valence-corrected chi connectivity index (χ0v) is 9.26. The molecule has 2 heterocycles. The van der Waals surface area contributed by atoms with E-state index in [1.54, 1.807) is 17.3 Å². The van der Waals surface area contributed by atoms with Crippen LogP contribution in [0.15, 0.2) is 24.5 Å². The highest BCUT2D eigenvalue weighted by atomic mass is 16.2. The predicted octanol–water partition coefficient (Wildman–Crippen LogP) is 0.495. The largest absolute Gasteiger partial charge is 0.329 e. The molecule has 2 amide bonds. The number of hydrogen-bond donors (Lipinski definition) is 2. The Morgan fingerprint density at radius 2 is 2.31 bits per heavy atom. The van der Waals surface area contributed by atoms with Crippen LogP contribution in [-0.2, 0) is 0 Å². The van der Waals surface area contributed by atoms with Gasteiger partial charge in [0.05, 0.1) is 6.04 Å². The van der Waals surface area contributed by atoms with Crippen molar-refractivity contribution < 1.29 is 4.79 Å². The van der Waals surface area contributed by atoms with Crippen LogP contribution in [0.4, 0.5) is 4.79 Å². The number of aromatic nitrogens is 1. The number of urea groups is 1. The molecule has 1 aromatic rings. The van der Waals surface area contributed by atoms with Gasteiger partial charge in [0, 0.05) is 31.5 Å². The second-order valence-corrected chi connectivity index (χ2v) is 4.16. The molecule has 0 radical (unpaired) electrons. The van der Waals surface area contributed by atoms with Crippen molar-refractivity contribution in [3.63, 3.8) is 0 Å². The van der Waals surface area contributed by atoms with E-state index in [4.69, 9.17) is 5.73 Å². The summed E-state index contributed by atoms with van der Waals surface area (Å²) in [6.45, 7) is 3.16. The van der Waals surface area contributed by atoms with E-state index in [9.17, 15) is 4.79 Å². The molecule has 0 aromatic carbocycles. The molecule has 0 spiro atoms. The highest BCUT2D eigenvalue weighted by molar-refractivity contribution is 5.77. The summed E-state index contributed by atoms with van der Waals surface area (Å²) in [6, 6.07) is 3.84. The van der Waals surface area contributed by atoms with Gasteiger partial charge in [-0.05, 0) is 24.6 Å². The first-order chi connectivity index (χ1) is 7.66. The average molecular weight is 220 g/mol. The van der Waals surface area contributed by atoms with Crippen molar-refractivity contribution in [2.24, 2.45) is 5.73 Å². The predicted molar refractivity (Wildman–Crippen MR) is 60.7 cm³/mol. The molecule has 0 aliphatic carbocycles. The SMILES string of the molecule is CC(N)CN1CC(c2ccncc2)NC1=O. The van der Waals surface area contributed by atoms with Gasteiger partial charge in [-0.25, -0.2) is 4.79 Å². The molecule has 2 atom stereocenters. The monoisotopic (exact) mass is 220 g/mol. The van der Waals surface area contributed by atoms with Crippen LogP contribution in [0.5, 0.6) is 0 Å². The Labute approximate surface area is 94.6 Å². The molecule has 1 aromatic heterocycles. The maximum Gasteiger partial charge on any atom is 0.318 e.